The van der Waals surface area contributed by atoms with Gasteiger partial charge in [0.1, 0.15) is 18.5 Å². The number of hydrogen-bond acceptors (Lipinski definition) is 5. The van der Waals surface area contributed by atoms with Crippen LogP contribution in [0.15, 0.2) is 41.8 Å². The van der Waals surface area contributed by atoms with Crippen molar-refractivity contribution in [2.75, 3.05) is 13.2 Å². The molecular formula is C16H18N2O2S. The van der Waals surface area contributed by atoms with Crippen molar-refractivity contribution in [3.05, 3.63) is 52.2 Å². The lowest BCUT2D eigenvalue weighted by atomic mass is 10.2. The number of aliphatic hydroxyl groups excluding tert-OH is 1. The molecule has 0 aliphatic heterocycles. The second-order valence-electron chi connectivity index (χ2n) is 4.75. The second-order valence-corrected chi connectivity index (χ2v) is 5.73. The van der Waals surface area contributed by atoms with E-state index < -0.39 is 6.10 Å². The molecule has 0 aliphatic rings. The molecule has 0 saturated carbocycles. The van der Waals surface area contributed by atoms with E-state index in [1.807, 2.05) is 11.4 Å². The van der Waals surface area contributed by atoms with Crippen LogP contribution in [0.2, 0.25) is 0 Å². The van der Waals surface area contributed by atoms with E-state index in [0.29, 0.717) is 17.9 Å². The number of hydrogen-bond donors (Lipinski definition) is 2. The average molecular weight is 302 g/mol. The van der Waals surface area contributed by atoms with Gasteiger partial charge in [-0.25, -0.2) is 0 Å². The molecule has 1 aromatic carbocycles. The lowest BCUT2D eigenvalue weighted by Gasteiger charge is -2.16. The summed E-state index contributed by atoms with van der Waals surface area (Å²) in [6.07, 6.45) is -0.599. The summed E-state index contributed by atoms with van der Waals surface area (Å²) in [6.45, 7) is 2.71. The maximum atomic E-state index is 9.93. The molecule has 1 unspecified atom stereocenters. The molecule has 0 aliphatic carbocycles. The minimum atomic E-state index is -0.599. The predicted octanol–water partition coefficient (Wildman–Crippen LogP) is 2.71. The molecule has 2 atom stereocenters. The Morgan fingerprint density at radius 3 is 2.95 bits per heavy atom. The van der Waals surface area contributed by atoms with Crippen molar-refractivity contribution in [3.63, 3.8) is 0 Å². The van der Waals surface area contributed by atoms with Gasteiger partial charge in [-0.15, -0.1) is 11.3 Å². The largest absolute Gasteiger partial charge is 0.491 e. The summed E-state index contributed by atoms with van der Waals surface area (Å²) in [4.78, 5) is 1.24. The summed E-state index contributed by atoms with van der Waals surface area (Å²) in [5, 5.41) is 24.1. The quantitative estimate of drug-likeness (QED) is 0.825. The SMILES string of the molecule is C[C@H](NCC(O)COc1cccc(C#N)c1)c1cccs1. The minimum absolute atomic E-state index is 0.193. The molecule has 2 rings (SSSR count). The van der Waals surface area contributed by atoms with E-state index in [-0.39, 0.29) is 12.6 Å². The summed E-state index contributed by atoms with van der Waals surface area (Å²) < 4.78 is 5.49. The molecule has 1 heterocycles. The van der Waals surface area contributed by atoms with Gasteiger partial charge in [0.15, 0.2) is 0 Å². The number of benzene rings is 1. The van der Waals surface area contributed by atoms with Crippen LogP contribution in [0.3, 0.4) is 0 Å². The molecule has 0 radical (unpaired) electrons. The van der Waals surface area contributed by atoms with Gasteiger partial charge in [0.25, 0.3) is 0 Å². The van der Waals surface area contributed by atoms with Crippen molar-refractivity contribution < 1.29 is 9.84 Å². The molecule has 2 aromatic rings. The Morgan fingerprint density at radius 2 is 2.24 bits per heavy atom. The summed E-state index contributed by atoms with van der Waals surface area (Å²) in [5.74, 6) is 0.597. The number of nitriles is 1. The number of nitrogens with one attached hydrogen (secondary N) is 1. The average Bonchev–Trinajstić information content (AvgIpc) is 3.05. The first-order valence-corrected chi connectivity index (χ1v) is 7.65. The van der Waals surface area contributed by atoms with E-state index in [2.05, 4.69) is 24.4 Å². The zero-order valence-electron chi connectivity index (χ0n) is 11.8. The summed E-state index contributed by atoms with van der Waals surface area (Å²) in [5.41, 5.74) is 0.548. The first kappa shape index (κ1) is 15.5. The van der Waals surface area contributed by atoms with Gasteiger partial charge in [0, 0.05) is 17.5 Å². The third-order valence-corrected chi connectivity index (χ3v) is 4.09. The van der Waals surface area contributed by atoms with Gasteiger partial charge in [-0.3, -0.25) is 0 Å². The highest BCUT2D eigenvalue weighted by molar-refractivity contribution is 7.10. The minimum Gasteiger partial charge on any atom is -0.491 e. The Morgan fingerprint density at radius 1 is 1.38 bits per heavy atom. The van der Waals surface area contributed by atoms with Gasteiger partial charge in [-0.1, -0.05) is 12.1 Å². The number of rotatable bonds is 7. The van der Waals surface area contributed by atoms with Gasteiger partial charge in [0.2, 0.25) is 0 Å². The summed E-state index contributed by atoms with van der Waals surface area (Å²) >= 11 is 1.69. The van der Waals surface area contributed by atoms with Crippen LogP contribution >= 0.6 is 11.3 Å². The molecule has 4 nitrogen and oxygen atoms in total. The smallest absolute Gasteiger partial charge is 0.120 e. The van der Waals surface area contributed by atoms with Crippen LogP contribution in [0.1, 0.15) is 23.4 Å². The molecule has 0 bridgehead atoms. The maximum Gasteiger partial charge on any atom is 0.120 e. The molecule has 0 spiro atoms. The predicted molar refractivity (Wildman–Crippen MR) is 83.4 cm³/mol. The molecule has 5 heteroatoms. The van der Waals surface area contributed by atoms with E-state index in [1.165, 1.54) is 4.88 Å². The number of thiophene rings is 1. The second kappa shape index (κ2) is 7.79. The number of ether oxygens (including phenoxy) is 1. The normalized spacial score (nSPS) is 13.4. The monoisotopic (exact) mass is 302 g/mol. The Balaban J connectivity index is 1.74. The van der Waals surface area contributed by atoms with Crippen LogP contribution in [0.25, 0.3) is 0 Å². The number of aliphatic hydroxyl groups is 1. The highest BCUT2D eigenvalue weighted by Crippen LogP contribution is 2.18. The van der Waals surface area contributed by atoms with Crippen molar-refractivity contribution in [2.24, 2.45) is 0 Å². The highest BCUT2D eigenvalue weighted by atomic mass is 32.1. The zero-order chi connectivity index (χ0) is 15.1. The lowest BCUT2D eigenvalue weighted by molar-refractivity contribution is 0.104. The van der Waals surface area contributed by atoms with Gasteiger partial charge < -0.3 is 15.2 Å². The number of nitrogens with zero attached hydrogens (tertiary/aromatic N) is 1. The molecular weight excluding hydrogens is 284 g/mol. The molecule has 0 fully saturated rings. The van der Waals surface area contributed by atoms with E-state index in [1.54, 1.807) is 35.6 Å². The van der Waals surface area contributed by atoms with E-state index in [4.69, 9.17) is 10.00 Å². The molecule has 0 saturated heterocycles. The molecule has 2 N–H and O–H groups in total. The van der Waals surface area contributed by atoms with Crippen molar-refractivity contribution in [1.82, 2.24) is 5.32 Å². The first-order chi connectivity index (χ1) is 10.2. The zero-order valence-corrected chi connectivity index (χ0v) is 12.6. The van der Waals surface area contributed by atoms with Gasteiger partial charge >= 0.3 is 0 Å². The standard InChI is InChI=1S/C16H18N2O2S/c1-12(16-6-3-7-21-16)18-10-14(19)11-20-15-5-2-4-13(8-15)9-17/h2-8,12,14,18-19H,10-11H2,1H3/t12-,14?/m0/s1. The summed E-state index contributed by atoms with van der Waals surface area (Å²) in [6, 6.07) is 13.3. The maximum absolute atomic E-state index is 9.93. The van der Waals surface area contributed by atoms with Crippen molar-refractivity contribution >= 4 is 11.3 Å². The fourth-order valence-corrected chi connectivity index (χ4v) is 2.62. The fraction of sp³-hybridized carbons (Fsp3) is 0.312. The van der Waals surface area contributed by atoms with E-state index in [0.717, 1.165) is 0 Å². The molecule has 110 valence electrons. The van der Waals surface area contributed by atoms with Crippen LogP contribution in [-0.4, -0.2) is 24.4 Å². The summed E-state index contributed by atoms with van der Waals surface area (Å²) in [7, 11) is 0. The van der Waals surface area contributed by atoms with Gasteiger partial charge in [-0.2, -0.15) is 5.26 Å². The third kappa shape index (κ3) is 4.87. The van der Waals surface area contributed by atoms with E-state index >= 15 is 0 Å². The van der Waals surface area contributed by atoms with Crippen molar-refractivity contribution in [1.29, 1.82) is 5.26 Å². The van der Waals surface area contributed by atoms with Crippen LogP contribution in [-0.2, 0) is 0 Å². The molecule has 0 amide bonds. The van der Waals surface area contributed by atoms with Crippen LogP contribution in [0, 0.1) is 11.3 Å². The Bertz CT molecular complexity index is 593. The van der Waals surface area contributed by atoms with Gasteiger partial charge in [0.05, 0.1) is 11.6 Å². The Hall–Kier alpha value is -1.87. The molecule has 21 heavy (non-hydrogen) atoms. The van der Waals surface area contributed by atoms with Gasteiger partial charge in [-0.05, 0) is 36.6 Å². The van der Waals surface area contributed by atoms with Crippen LogP contribution in [0.4, 0.5) is 0 Å². The molecule has 1 aromatic heterocycles. The van der Waals surface area contributed by atoms with Crippen LogP contribution in [0.5, 0.6) is 5.75 Å². The van der Waals surface area contributed by atoms with Crippen molar-refractivity contribution in [2.45, 2.75) is 19.1 Å². The van der Waals surface area contributed by atoms with E-state index in [9.17, 15) is 5.11 Å². The van der Waals surface area contributed by atoms with Crippen LogP contribution < -0.4 is 10.1 Å². The highest BCUT2D eigenvalue weighted by Gasteiger charge is 2.10. The first-order valence-electron chi connectivity index (χ1n) is 6.77. The third-order valence-electron chi connectivity index (χ3n) is 3.04. The Kier molecular flexibility index (Phi) is 5.76. The van der Waals surface area contributed by atoms with Crippen molar-refractivity contribution in [3.8, 4) is 11.8 Å². The topological polar surface area (TPSA) is 65.3 Å². The lowest BCUT2D eigenvalue weighted by Crippen LogP contribution is -2.32. The Labute approximate surface area is 128 Å². The fourth-order valence-electron chi connectivity index (χ4n) is 1.86.